The highest BCUT2D eigenvalue weighted by atomic mass is 32.1. The topological polar surface area (TPSA) is 98.9 Å². The molecule has 4 N–H and O–H groups in total. The van der Waals surface area contributed by atoms with Crippen molar-refractivity contribution in [3.63, 3.8) is 0 Å². The molecule has 7 nitrogen and oxygen atoms in total. The van der Waals surface area contributed by atoms with Crippen LogP contribution in [0.2, 0.25) is 0 Å². The van der Waals surface area contributed by atoms with Crippen molar-refractivity contribution in [2.45, 2.75) is 13.3 Å². The van der Waals surface area contributed by atoms with E-state index in [-0.39, 0.29) is 12.3 Å². The summed E-state index contributed by atoms with van der Waals surface area (Å²) < 4.78 is 4.13. The number of hydrogen-bond donors (Lipinski definition) is 4. The predicted octanol–water partition coefficient (Wildman–Crippen LogP) is 1.98. The number of benzene rings is 1. The van der Waals surface area contributed by atoms with E-state index in [1.54, 1.807) is 20.2 Å². The van der Waals surface area contributed by atoms with Crippen molar-refractivity contribution in [3.05, 3.63) is 47.3 Å². The standard InChI is InChI=1S/C16H17N5O2S/c1-9-14(16(17-2)24-21-9)15(23)20-19-13(22)7-10-8-18-12-6-4-3-5-11(10)12/h3-6,8,17-18H,7H2,1-2H3,(H,19,22)(H,20,23). The van der Waals surface area contributed by atoms with Crippen molar-refractivity contribution in [1.29, 1.82) is 0 Å². The van der Waals surface area contributed by atoms with Crippen LogP contribution >= 0.6 is 11.5 Å². The van der Waals surface area contributed by atoms with Gasteiger partial charge in [0.15, 0.2) is 0 Å². The number of para-hydroxylation sites is 1. The number of amides is 2. The minimum atomic E-state index is -0.391. The number of aromatic amines is 1. The van der Waals surface area contributed by atoms with Crippen molar-refractivity contribution in [2.24, 2.45) is 0 Å². The van der Waals surface area contributed by atoms with Crippen LogP contribution in [0.1, 0.15) is 21.6 Å². The first-order valence-electron chi connectivity index (χ1n) is 7.38. The Bertz CT molecular complexity index is 899. The van der Waals surface area contributed by atoms with Crippen LogP contribution in [0.25, 0.3) is 10.9 Å². The molecule has 0 aliphatic rings. The van der Waals surface area contributed by atoms with E-state index in [4.69, 9.17) is 0 Å². The maximum atomic E-state index is 12.2. The molecular weight excluding hydrogens is 326 g/mol. The molecule has 24 heavy (non-hydrogen) atoms. The van der Waals surface area contributed by atoms with E-state index in [0.29, 0.717) is 16.3 Å². The summed E-state index contributed by atoms with van der Waals surface area (Å²) in [5.74, 6) is -0.683. The molecule has 124 valence electrons. The Balaban J connectivity index is 1.63. The number of nitrogens with one attached hydrogen (secondary N) is 4. The Morgan fingerprint density at radius 2 is 2.04 bits per heavy atom. The maximum Gasteiger partial charge on any atom is 0.274 e. The summed E-state index contributed by atoms with van der Waals surface area (Å²) >= 11 is 1.21. The molecule has 1 aromatic carbocycles. The van der Waals surface area contributed by atoms with Crippen LogP contribution in [0.3, 0.4) is 0 Å². The Morgan fingerprint density at radius 1 is 1.25 bits per heavy atom. The average molecular weight is 343 g/mol. The third kappa shape index (κ3) is 3.09. The molecule has 0 saturated carbocycles. The number of H-pyrrole nitrogens is 1. The van der Waals surface area contributed by atoms with Gasteiger partial charge in [-0.15, -0.1) is 0 Å². The number of nitrogens with zero attached hydrogens (tertiary/aromatic N) is 1. The molecule has 2 amide bonds. The summed E-state index contributed by atoms with van der Waals surface area (Å²) in [5, 5.41) is 4.58. The molecule has 2 aromatic heterocycles. The molecular formula is C16H17N5O2S. The molecule has 0 radical (unpaired) electrons. The van der Waals surface area contributed by atoms with E-state index >= 15 is 0 Å². The van der Waals surface area contributed by atoms with Gasteiger partial charge in [0.25, 0.3) is 5.91 Å². The molecule has 0 saturated heterocycles. The number of hydrogen-bond acceptors (Lipinski definition) is 5. The van der Waals surface area contributed by atoms with Crippen LogP contribution in [0, 0.1) is 6.92 Å². The maximum absolute atomic E-state index is 12.2. The molecule has 0 aliphatic heterocycles. The monoisotopic (exact) mass is 343 g/mol. The molecule has 0 fully saturated rings. The minimum Gasteiger partial charge on any atom is -0.378 e. The van der Waals surface area contributed by atoms with Gasteiger partial charge in [0.2, 0.25) is 5.91 Å². The van der Waals surface area contributed by atoms with E-state index in [1.165, 1.54) is 11.5 Å². The van der Waals surface area contributed by atoms with Crippen molar-refractivity contribution >= 4 is 39.3 Å². The molecule has 3 rings (SSSR count). The smallest absolute Gasteiger partial charge is 0.274 e. The second-order valence-corrected chi connectivity index (χ2v) is 6.03. The summed E-state index contributed by atoms with van der Waals surface area (Å²) in [6.45, 7) is 1.75. The number of carbonyl (C=O) groups excluding carboxylic acids is 2. The lowest BCUT2D eigenvalue weighted by Crippen LogP contribution is -2.42. The Labute approximate surface area is 142 Å². The third-order valence-corrected chi connectivity index (χ3v) is 4.61. The van der Waals surface area contributed by atoms with Crippen molar-refractivity contribution < 1.29 is 9.59 Å². The van der Waals surface area contributed by atoms with Crippen LogP contribution in [0.4, 0.5) is 5.00 Å². The minimum absolute atomic E-state index is 0.171. The Hall–Kier alpha value is -2.87. The average Bonchev–Trinajstić information content (AvgIpc) is 3.16. The molecule has 8 heteroatoms. The zero-order valence-corrected chi connectivity index (χ0v) is 14.1. The van der Waals surface area contributed by atoms with Gasteiger partial charge in [-0.2, -0.15) is 4.37 Å². The number of aryl methyl sites for hydroxylation is 1. The SMILES string of the molecule is CNc1snc(C)c1C(=O)NNC(=O)Cc1c[nH]c2ccccc12. The highest BCUT2D eigenvalue weighted by Crippen LogP contribution is 2.23. The number of rotatable bonds is 4. The Kier molecular flexibility index (Phi) is 4.48. The van der Waals surface area contributed by atoms with Crippen molar-refractivity contribution in [3.8, 4) is 0 Å². The van der Waals surface area contributed by atoms with Crippen LogP contribution in [0.5, 0.6) is 0 Å². The molecule has 0 unspecified atom stereocenters. The fourth-order valence-electron chi connectivity index (χ4n) is 2.49. The van der Waals surface area contributed by atoms with Gasteiger partial charge in [-0.25, -0.2) is 0 Å². The second kappa shape index (κ2) is 6.71. The molecule has 3 aromatic rings. The van der Waals surface area contributed by atoms with Gasteiger partial charge in [-0.05, 0) is 30.1 Å². The fraction of sp³-hybridized carbons (Fsp3) is 0.188. The van der Waals surface area contributed by atoms with Gasteiger partial charge in [-0.1, -0.05) is 18.2 Å². The lowest BCUT2D eigenvalue weighted by molar-refractivity contribution is -0.121. The Morgan fingerprint density at radius 3 is 2.83 bits per heavy atom. The quantitative estimate of drug-likeness (QED) is 0.544. The first kappa shape index (κ1) is 16.0. The summed E-state index contributed by atoms with van der Waals surface area (Å²) in [4.78, 5) is 27.4. The van der Waals surface area contributed by atoms with Gasteiger partial charge < -0.3 is 10.3 Å². The normalized spacial score (nSPS) is 10.6. The number of hydrazine groups is 1. The first-order valence-corrected chi connectivity index (χ1v) is 8.15. The predicted molar refractivity (Wildman–Crippen MR) is 94.0 cm³/mol. The zero-order valence-electron chi connectivity index (χ0n) is 13.3. The molecule has 0 bridgehead atoms. The molecule has 0 spiro atoms. The second-order valence-electron chi connectivity index (χ2n) is 5.26. The highest BCUT2D eigenvalue weighted by molar-refractivity contribution is 7.10. The van der Waals surface area contributed by atoms with Gasteiger partial charge in [0, 0.05) is 24.1 Å². The summed E-state index contributed by atoms with van der Waals surface area (Å²) in [5.41, 5.74) is 7.80. The lowest BCUT2D eigenvalue weighted by atomic mass is 10.1. The summed E-state index contributed by atoms with van der Waals surface area (Å²) in [6.07, 6.45) is 1.97. The van der Waals surface area contributed by atoms with E-state index in [9.17, 15) is 9.59 Å². The fourth-order valence-corrected chi connectivity index (χ4v) is 3.23. The van der Waals surface area contributed by atoms with E-state index in [1.807, 2.05) is 24.3 Å². The summed E-state index contributed by atoms with van der Waals surface area (Å²) in [6, 6.07) is 7.75. The third-order valence-electron chi connectivity index (χ3n) is 3.66. The van der Waals surface area contributed by atoms with E-state index < -0.39 is 5.91 Å². The number of fused-ring (bicyclic) bond motifs is 1. The van der Waals surface area contributed by atoms with Gasteiger partial charge in [0.05, 0.1) is 17.7 Å². The molecule has 2 heterocycles. The van der Waals surface area contributed by atoms with Crippen LogP contribution in [-0.4, -0.2) is 28.2 Å². The van der Waals surface area contributed by atoms with E-state index in [0.717, 1.165) is 16.5 Å². The number of aromatic nitrogens is 2. The number of anilines is 1. The van der Waals surface area contributed by atoms with Crippen LogP contribution < -0.4 is 16.2 Å². The van der Waals surface area contributed by atoms with Crippen molar-refractivity contribution in [2.75, 3.05) is 12.4 Å². The first-order chi connectivity index (χ1) is 11.6. The molecule has 0 atom stereocenters. The van der Waals surface area contributed by atoms with Crippen LogP contribution in [0.15, 0.2) is 30.5 Å². The molecule has 0 aliphatic carbocycles. The largest absolute Gasteiger partial charge is 0.378 e. The number of carbonyl (C=O) groups is 2. The van der Waals surface area contributed by atoms with Crippen LogP contribution in [-0.2, 0) is 11.2 Å². The van der Waals surface area contributed by atoms with Gasteiger partial charge in [0.1, 0.15) is 5.00 Å². The van der Waals surface area contributed by atoms with Gasteiger partial charge >= 0.3 is 0 Å². The van der Waals surface area contributed by atoms with Gasteiger partial charge in [-0.3, -0.25) is 20.4 Å². The van der Waals surface area contributed by atoms with E-state index in [2.05, 4.69) is 25.5 Å². The van der Waals surface area contributed by atoms with Crippen molar-refractivity contribution in [1.82, 2.24) is 20.2 Å². The summed E-state index contributed by atoms with van der Waals surface area (Å²) in [7, 11) is 1.72. The highest BCUT2D eigenvalue weighted by Gasteiger charge is 2.18. The lowest BCUT2D eigenvalue weighted by Gasteiger charge is -2.08. The zero-order chi connectivity index (χ0) is 17.1.